The van der Waals surface area contributed by atoms with E-state index >= 15 is 0 Å². The predicted molar refractivity (Wildman–Crippen MR) is 114 cm³/mol. The van der Waals surface area contributed by atoms with Crippen molar-refractivity contribution in [1.82, 2.24) is 10.6 Å². The number of nitrogens with one attached hydrogen (secondary N) is 2. The second-order valence-electron chi connectivity index (χ2n) is 7.56. The summed E-state index contributed by atoms with van der Waals surface area (Å²) < 4.78 is 10.8. The van der Waals surface area contributed by atoms with Crippen molar-refractivity contribution in [3.8, 4) is 5.75 Å². The van der Waals surface area contributed by atoms with Gasteiger partial charge in [-0.15, -0.1) is 0 Å². The van der Waals surface area contributed by atoms with Crippen molar-refractivity contribution in [2.45, 2.75) is 46.6 Å². The van der Waals surface area contributed by atoms with Gasteiger partial charge in [-0.25, -0.2) is 9.59 Å². The molecular formula is C22H28N2O7. The van der Waals surface area contributed by atoms with Crippen LogP contribution in [0.25, 0.3) is 11.0 Å². The molecule has 2 atom stereocenters. The highest BCUT2D eigenvalue weighted by molar-refractivity contribution is 5.91. The molecule has 2 amide bonds. The number of rotatable bonds is 9. The Morgan fingerprint density at radius 1 is 1.19 bits per heavy atom. The zero-order chi connectivity index (χ0) is 23.3. The van der Waals surface area contributed by atoms with Crippen LogP contribution in [0.15, 0.2) is 21.3 Å². The Hall–Kier alpha value is -3.36. The lowest BCUT2D eigenvalue weighted by Crippen LogP contribution is -2.48. The number of carbonyl (C=O) groups is 3. The van der Waals surface area contributed by atoms with E-state index in [2.05, 4.69) is 10.6 Å². The SMILES string of the molecule is CCC(C)C(NC(=O)CNC(=O)Cc1c(C)c2c(OC)cc(C)cc2oc1=O)C(=O)O. The molecule has 0 aliphatic carbocycles. The Kier molecular flexibility index (Phi) is 7.79. The monoisotopic (exact) mass is 432 g/mol. The quantitative estimate of drug-likeness (QED) is 0.513. The molecule has 2 unspecified atom stereocenters. The number of hydrogen-bond donors (Lipinski definition) is 3. The minimum atomic E-state index is -1.14. The van der Waals surface area contributed by atoms with Crippen molar-refractivity contribution < 1.29 is 28.6 Å². The Morgan fingerprint density at radius 3 is 2.45 bits per heavy atom. The van der Waals surface area contributed by atoms with Crippen molar-refractivity contribution in [2.24, 2.45) is 5.92 Å². The molecule has 9 nitrogen and oxygen atoms in total. The summed E-state index contributed by atoms with van der Waals surface area (Å²) in [6.45, 7) is 6.69. The fourth-order valence-corrected chi connectivity index (χ4v) is 3.31. The molecule has 0 aliphatic rings. The lowest BCUT2D eigenvalue weighted by atomic mass is 9.99. The highest BCUT2D eigenvalue weighted by Crippen LogP contribution is 2.30. The summed E-state index contributed by atoms with van der Waals surface area (Å²) >= 11 is 0. The van der Waals surface area contributed by atoms with Gasteiger partial charge >= 0.3 is 11.6 Å². The third kappa shape index (κ3) is 5.62. The van der Waals surface area contributed by atoms with Gasteiger partial charge in [0.1, 0.15) is 17.4 Å². The topological polar surface area (TPSA) is 135 Å². The van der Waals surface area contributed by atoms with Gasteiger partial charge in [0.25, 0.3) is 0 Å². The van der Waals surface area contributed by atoms with Crippen LogP contribution in [0.2, 0.25) is 0 Å². The number of aliphatic carboxylic acids is 1. The smallest absolute Gasteiger partial charge is 0.340 e. The van der Waals surface area contributed by atoms with Crippen LogP contribution >= 0.6 is 0 Å². The van der Waals surface area contributed by atoms with Crippen LogP contribution in [0.3, 0.4) is 0 Å². The predicted octanol–water partition coefficient (Wildman–Crippen LogP) is 1.69. The summed E-state index contributed by atoms with van der Waals surface area (Å²) in [6, 6.07) is 2.48. The summed E-state index contributed by atoms with van der Waals surface area (Å²) in [5.74, 6) is -2.06. The highest BCUT2D eigenvalue weighted by atomic mass is 16.5. The lowest BCUT2D eigenvalue weighted by Gasteiger charge is -2.20. The normalized spacial score (nSPS) is 12.8. The van der Waals surface area contributed by atoms with E-state index in [4.69, 9.17) is 9.15 Å². The summed E-state index contributed by atoms with van der Waals surface area (Å²) in [5.41, 5.74) is 1.31. The highest BCUT2D eigenvalue weighted by Gasteiger charge is 2.25. The van der Waals surface area contributed by atoms with E-state index < -0.39 is 36.0 Å². The summed E-state index contributed by atoms with van der Waals surface area (Å²) in [6.07, 6.45) is 0.283. The number of carboxylic acids is 1. The molecule has 1 aromatic carbocycles. The van der Waals surface area contributed by atoms with E-state index in [0.717, 1.165) is 5.56 Å². The summed E-state index contributed by atoms with van der Waals surface area (Å²) in [5, 5.41) is 14.7. The maximum absolute atomic E-state index is 12.4. The van der Waals surface area contributed by atoms with Crippen LogP contribution in [-0.4, -0.2) is 42.6 Å². The van der Waals surface area contributed by atoms with Gasteiger partial charge in [0.2, 0.25) is 11.8 Å². The molecular weight excluding hydrogens is 404 g/mol. The third-order valence-electron chi connectivity index (χ3n) is 5.29. The molecule has 168 valence electrons. The van der Waals surface area contributed by atoms with E-state index in [1.807, 2.05) is 13.8 Å². The molecule has 0 saturated carbocycles. The van der Waals surface area contributed by atoms with Gasteiger partial charge in [-0.3, -0.25) is 9.59 Å². The minimum Gasteiger partial charge on any atom is -0.496 e. The molecule has 0 aliphatic heterocycles. The van der Waals surface area contributed by atoms with Gasteiger partial charge in [0.05, 0.1) is 31.0 Å². The van der Waals surface area contributed by atoms with Gasteiger partial charge in [0, 0.05) is 0 Å². The van der Waals surface area contributed by atoms with Crippen molar-refractivity contribution in [1.29, 1.82) is 0 Å². The Morgan fingerprint density at radius 2 is 1.87 bits per heavy atom. The Labute approximate surface area is 179 Å². The van der Waals surface area contributed by atoms with E-state index in [-0.39, 0.29) is 17.9 Å². The van der Waals surface area contributed by atoms with Gasteiger partial charge < -0.3 is 24.9 Å². The van der Waals surface area contributed by atoms with Crippen molar-refractivity contribution in [2.75, 3.05) is 13.7 Å². The van der Waals surface area contributed by atoms with E-state index in [1.165, 1.54) is 7.11 Å². The number of amides is 2. The molecule has 0 saturated heterocycles. The number of carboxylic acid groups (broad SMARTS) is 1. The number of carbonyl (C=O) groups excluding carboxylic acids is 2. The fourth-order valence-electron chi connectivity index (χ4n) is 3.31. The number of aryl methyl sites for hydroxylation is 2. The third-order valence-corrected chi connectivity index (χ3v) is 5.29. The minimum absolute atomic E-state index is 0.163. The zero-order valence-electron chi connectivity index (χ0n) is 18.3. The molecule has 2 aromatic rings. The average Bonchev–Trinajstić information content (AvgIpc) is 2.71. The first kappa shape index (κ1) is 23.9. The molecule has 0 radical (unpaired) electrons. The fraction of sp³-hybridized carbons (Fsp3) is 0.455. The van der Waals surface area contributed by atoms with Gasteiger partial charge in [-0.1, -0.05) is 20.3 Å². The van der Waals surface area contributed by atoms with Crippen LogP contribution < -0.4 is 21.0 Å². The Bertz CT molecular complexity index is 1060. The maximum Gasteiger partial charge on any atom is 0.340 e. The van der Waals surface area contributed by atoms with Crippen LogP contribution in [0.4, 0.5) is 0 Å². The standard InChI is InChI=1S/C22H28N2O7/c1-6-12(3)20(21(27)28)24-18(26)10-23-17(25)9-14-13(4)19-15(30-5)7-11(2)8-16(19)31-22(14)29/h7-8,12,20H,6,9-10H2,1-5H3,(H,23,25)(H,24,26)(H,27,28). The van der Waals surface area contributed by atoms with Crippen LogP contribution in [0, 0.1) is 19.8 Å². The van der Waals surface area contributed by atoms with Crippen LogP contribution in [0.1, 0.15) is 37.0 Å². The molecule has 31 heavy (non-hydrogen) atoms. The van der Waals surface area contributed by atoms with Gasteiger partial charge in [-0.2, -0.15) is 0 Å². The number of methoxy groups -OCH3 is 1. The van der Waals surface area contributed by atoms with E-state index in [1.54, 1.807) is 26.0 Å². The molecule has 1 heterocycles. The summed E-state index contributed by atoms with van der Waals surface area (Å²) in [4.78, 5) is 48.2. The van der Waals surface area contributed by atoms with Gasteiger partial charge in [0.15, 0.2) is 0 Å². The van der Waals surface area contributed by atoms with Crippen molar-refractivity contribution >= 4 is 28.8 Å². The zero-order valence-corrected chi connectivity index (χ0v) is 18.3. The average molecular weight is 432 g/mol. The summed E-state index contributed by atoms with van der Waals surface area (Å²) in [7, 11) is 1.51. The lowest BCUT2D eigenvalue weighted by molar-refractivity contribution is -0.143. The van der Waals surface area contributed by atoms with E-state index in [0.29, 0.717) is 28.7 Å². The maximum atomic E-state index is 12.4. The largest absolute Gasteiger partial charge is 0.496 e. The second kappa shape index (κ2) is 10.1. The molecule has 0 fully saturated rings. The van der Waals surface area contributed by atoms with Crippen molar-refractivity contribution in [3.63, 3.8) is 0 Å². The van der Waals surface area contributed by atoms with Gasteiger partial charge in [-0.05, 0) is 43.0 Å². The molecule has 0 spiro atoms. The number of ether oxygens (including phenoxy) is 1. The number of fused-ring (bicyclic) bond motifs is 1. The van der Waals surface area contributed by atoms with E-state index in [9.17, 15) is 24.3 Å². The number of benzene rings is 1. The van der Waals surface area contributed by atoms with Crippen LogP contribution in [-0.2, 0) is 20.8 Å². The molecule has 0 bridgehead atoms. The molecule has 1 aromatic heterocycles. The first-order valence-corrected chi connectivity index (χ1v) is 9.98. The number of hydrogen-bond acceptors (Lipinski definition) is 6. The van der Waals surface area contributed by atoms with Crippen molar-refractivity contribution in [3.05, 3.63) is 39.2 Å². The Balaban J connectivity index is 2.14. The molecule has 9 heteroatoms. The first-order valence-electron chi connectivity index (χ1n) is 9.98. The molecule has 3 N–H and O–H groups in total. The van der Waals surface area contributed by atoms with Crippen LogP contribution in [0.5, 0.6) is 5.75 Å². The second-order valence-corrected chi connectivity index (χ2v) is 7.56. The first-order chi connectivity index (χ1) is 14.6. The molecule has 2 rings (SSSR count).